The second-order valence-electron chi connectivity index (χ2n) is 22.2. The van der Waals surface area contributed by atoms with Gasteiger partial charge in [0.1, 0.15) is 24.0 Å². The fraction of sp³-hybridized carbons (Fsp3) is 0.429. The van der Waals surface area contributed by atoms with Gasteiger partial charge in [-0.15, -0.1) is 11.3 Å². The number of ether oxygens (including phenoxy) is 3. The van der Waals surface area contributed by atoms with E-state index < -0.39 is 40.8 Å². The summed E-state index contributed by atoms with van der Waals surface area (Å²) in [5.41, 5.74) is 6.52. The predicted molar refractivity (Wildman–Crippen MR) is 317 cm³/mol. The van der Waals surface area contributed by atoms with E-state index in [1.165, 1.54) is 30.5 Å². The van der Waals surface area contributed by atoms with E-state index in [-0.39, 0.29) is 66.5 Å². The van der Waals surface area contributed by atoms with E-state index in [9.17, 15) is 29.1 Å². The number of amides is 4. The maximum atomic E-state index is 15.6. The highest BCUT2D eigenvalue weighted by Crippen LogP contribution is 2.37. The molecule has 3 aromatic heterocycles. The van der Waals surface area contributed by atoms with Crippen molar-refractivity contribution in [1.29, 1.82) is 0 Å². The number of fused-ring (bicyclic) bond motifs is 2. The summed E-state index contributed by atoms with van der Waals surface area (Å²) >= 11 is 1.58. The molecule has 1 aliphatic rings. The van der Waals surface area contributed by atoms with Crippen LogP contribution in [0.1, 0.15) is 131 Å². The molecular weight excluding hydrogens is 1060 g/mol. The number of carbonyl (C=O) groups is 4. The molecule has 0 radical (unpaired) electrons. The number of rotatable bonds is 25. The number of nitrogens with zero attached hydrogens (tertiary/aromatic N) is 5. The Morgan fingerprint density at radius 2 is 1.55 bits per heavy atom. The first-order chi connectivity index (χ1) is 39.3. The van der Waals surface area contributed by atoms with Gasteiger partial charge in [-0.25, -0.2) is 19.3 Å². The third-order valence-corrected chi connectivity index (χ3v) is 16.2. The number of aromatic nitrogens is 4. The normalized spacial score (nSPS) is 14.7. The van der Waals surface area contributed by atoms with Crippen molar-refractivity contribution in [2.45, 2.75) is 143 Å². The van der Waals surface area contributed by atoms with Crippen LogP contribution in [0.2, 0.25) is 0 Å². The van der Waals surface area contributed by atoms with Crippen LogP contribution in [-0.4, -0.2) is 91.6 Å². The van der Waals surface area contributed by atoms with E-state index in [1.54, 1.807) is 48.1 Å². The molecule has 4 heterocycles. The SMILES string of the molecule is CCc1ccc2c(c1)c(=O)c(C(=O)Nc1ccc(Oc3ncnc4cc(OCCCCCCCCCCCC(=O)N[C@H](C(=O)N5C[C@H](O)C[C@H]5C(=O)NCc5ccc(-c6scnc6C)cc5)C(C)(C)C)c(OC)cc34)c(F)c1)c(C)n2C. The number of unbranched alkanes of at least 4 members (excludes halogenated alkanes) is 8. The minimum Gasteiger partial charge on any atom is -0.493 e. The highest BCUT2D eigenvalue weighted by atomic mass is 32.1. The van der Waals surface area contributed by atoms with Crippen LogP contribution in [0.3, 0.4) is 0 Å². The second kappa shape index (κ2) is 27.3. The molecule has 1 saturated heterocycles. The standard InChI is InChI=1S/C63H75FN8O9S/c1-9-40-22-26-49-46(29-40)56(75)55(39(3)71(49)7)60(77)69-43-25-27-51(47(64)30-43)81-61-45-32-52(79-8)53(33-48(45)66-36-67-61)80-28-18-16-14-12-10-11-13-15-17-19-54(74)70-58(63(4,5)6)62(78)72-35-44(73)31-50(72)59(76)65-34-41-20-23-42(24-21-41)57-38(2)68-37-82-57/h20-27,29-30,32-33,36-37,44,50,58,73H,9-19,28,31,34-35H2,1-8H3,(H,65,76)(H,69,77)(H,70,74)/t44-,50+,58-/m1/s1. The summed E-state index contributed by atoms with van der Waals surface area (Å²) in [7, 11) is 3.32. The number of halogens is 1. The molecule has 434 valence electrons. The molecule has 0 spiro atoms. The van der Waals surface area contributed by atoms with Crippen molar-refractivity contribution in [2.24, 2.45) is 12.5 Å². The summed E-state index contributed by atoms with van der Waals surface area (Å²) in [6.07, 6.45) is 10.2. The molecule has 8 rings (SSSR count). The molecule has 4 aromatic carbocycles. The molecule has 4 N–H and O–H groups in total. The van der Waals surface area contributed by atoms with E-state index in [2.05, 4.69) is 30.9 Å². The van der Waals surface area contributed by atoms with E-state index in [0.717, 1.165) is 91.1 Å². The first-order valence-corrected chi connectivity index (χ1v) is 29.1. The van der Waals surface area contributed by atoms with E-state index in [0.29, 0.717) is 52.0 Å². The van der Waals surface area contributed by atoms with Crippen molar-refractivity contribution in [3.8, 4) is 33.6 Å². The fourth-order valence-corrected chi connectivity index (χ4v) is 11.2. The summed E-state index contributed by atoms with van der Waals surface area (Å²) in [5, 5.41) is 20.1. The monoisotopic (exact) mass is 1140 g/mol. The third kappa shape index (κ3) is 14.6. The lowest BCUT2D eigenvalue weighted by Gasteiger charge is -2.35. The molecule has 0 saturated carbocycles. The number of hydrogen-bond donors (Lipinski definition) is 4. The summed E-state index contributed by atoms with van der Waals surface area (Å²) in [6.45, 7) is 12.1. The van der Waals surface area contributed by atoms with E-state index in [1.807, 2.05) is 76.5 Å². The van der Waals surface area contributed by atoms with Crippen LogP contribution in [0.15, 0.2) is 89.4 Å². The number of aliphatic hydroxyl groups is 1. The maximum absolute atomic E-state index is 15.6. The topological polar surface area (TPSA) is 216 Å². The Bertz CT molecular complexity index is 3490. The van der Waals surface area contributed by atoms with Crippen molar-refractivity contribution in [2.75, 3.05) is 25.6 Å². The van der Waals surface area contributed by atoms with Crippen LogP contribution in [0.5, 0.6) is 23.1 Å². The van der Waals surface area contributed by atoms with Crippen LogP contribution in [0.4, 0.5) is 10.1 Å². The van der Waals surface area contributed by atoms with Crippen LogP contribution < -0.4 is 35.6 Å². The van der Waals surface area contributed by atoms with Gasteiger partial charge >= 0.3 is 0 Å². The van der Waals surface area contributed by atoms with Crippen LogP contribution in [-0.2, 0) is 34.4 Å². The quantitative estimate of drug-likeness (QED) is 0.0393. The molecule has 0 bridgehead atoms. The molecule has 0 unspecified atom stereocenters. The Morgan fingerprint density at radius 1 is 0.841 bits per heavy atom. The average molecular weight is 1140 g/mol. The lowest BCUT2D eigenvalue weighted by atomic mass is 9.85. The molecule has 82 heavy (non-hydrogen) atoms. The highest BCUT2D eigenvalue weighted by Gasteiger charge is 2.44. The van der Waals surface area contributed by atoms with Gasteiger partial charge in [-0.2, -0.15) is 0 Å². The van der Waals surface area contributed by atoms with Crippen molar-refractivity contribution in [1.82, 2.24) is 35.1 Å². The first-order valence-electron chi connectivity index (χ1n) is 28.3. The van der Waals surface area contributed by atoms with Gasteiger partial charge in [0.2, 0.25) is 29.0 Å². The zero-order valence-corrected chi connectivity index (χ0v) is 49.0. The van der Waals surface area contributed by atoms with Crippen molar-refractivity contribution in [3.63, 3.8) is 0 Å². The number of β-amino-alcohol motifs (C(OH)–C–C–N with tert-alkyl or cyclic N) is 1. The predicted octanol–water partition coefficient (Wildman–Crippen LogP) is 11.1. The third-order valence-electron chi connectivity index (χ3n) is 15.2. The number of nitrogens with one attached hydrogen (secondary N) is 3. The molecule has 4 amide bonds. The molecule has 19 heteroatoms. The maximum Gasteiger partial charge on any atom is 0.261 e. The number of aryl methyl sites for hydroxylation is 3. The van der Waals surface area contributed by atoms with Gasteiger partial charge < -0.3 is 44.7 Å². The minimum atomic E-state index is -0.870. The summed E-state index contributed by atoms with van der Waals surface area (Å²) in [4.78, 5) is 83.4. The summed E-state index contributed by atoms with van der Waals surface area (Å²) in [6, 6.07) is 19.3. The Morgan fingerprint density at radius 3 is 2.22 bits per heavy atom. The van der Waals surface area contributed by atoms with Crippen LogP contribution in [0.25, 0.3) is 32.2 Å². The van der Waals surface area contributed by atoms with Crippen LogP contribution in [0, 0.1) is 25.1 Å². The number of methoxy groups -OCH3 is 1. The summed E-state index contributed by atoms with van der Waals surface area (Å²) < 4.78 is 35.2. The van der Waals surface area contributed by atoms with Crippen LogP contribution >= 0.6 is 11.3 Å². The number of likely N-dealkylation sites (tertiary alicyclic amines) is 1. The number of carbonyl (C=O) groups excluding carboxylic acids is 4. The van der Waals surface area contributed by atoms with Crippen molar-refractivity contribution < 1.29 is 42.9 Å². The largest absolute Gasteiger partial charge is 0.493 e. The number of benzene rings is 4. The molecule has 17 nitrogen and oxygen atoms in total. The number of hydrogen-bond acceptors (Lipinski definition) is 13. The Kier molecular flexibility index (Phi) is 20.1. The number of thiazole rings is 1. The van der Waals surface area contributed by atoms with Gasteiger partial charge in [-0.05, 0) is 85.5 Å². The minimum absolute atomic E-state index is 0.0178. The van der Waals surface area contributed by atoms with E-state index in [4.69, 9.17) is 14.2 Å². The van der Waals surface area contributed by atoms with Gasteiger partial charge in [0, 0.05) is 61.9 Å². The lowest BCUT2D eigenvalue weighted by molar-refractivity contribution is -0.144. The summed E-state index contributed by atoms with van der Waals surface area (Å²) in [5.74, 6) is -1.45. The number of pyridine rings is 1. The van der Waals surface area contributed by atoms with Gasteiger partial charge in [0.05, 0.1) is 52.3 Å². The number of aliphatic hydroxyl groups excluding tert-OH is 1. The van der Waals surface area contributed by atoms with Gasteiger partial charge in [-0.3, -0.25) is 24.0 Å². The molecular formula is C63H75FN8O9S. The van der Waals surface area contributed by atoms with Gasteiger partial charge in [0.25, 0.3) is 5.91 Å². The lowest BCUT2D eigenvalue weighted by Crippen LogP contribution is -2.57. The molecule has 3 atom stereocenters. The Labute approximate surface area is 482 Å². The molecule has 1 aliphatic heterocycles. The van der Waals surface area contributed by atoms with E-state index >= 15 is 4.39 Å². The molecule has 7 aromatic rings. The van der Waals surface area contributed by atoms with Gasteiger partial charge in [-0.1, -0.05) is 103 Å². The highest BCUT2D eigenvalue weighted by molar-refractivity contribution is 7.13. The molecule has 1 fully saturated rings. The van der Waals surface area contributed by atoms with Crippen molar-refractivity contribution in [3.05, 3.63) is 129 Å². The Balaban J connectivity index is 0.727. The Hall–Kier alpha value is -7.77. The second-order valence-corrected chi connectivity index (χ2v) is 23.0. The smallest absolute Gasteiger partial charge is 0.261 e. The van der Waals surface area contributed by atoms with Gasteiger partial charge in [0.15, 0.2) is 23.1 Å². The van der Waals surface area contributed by atoms with Crippen molar-refractivity contribution >= 4 is 62.5 Å². The number of anilines is 1. The average Bonchev–Trinajstić information content (AvgIpc) is 3.17. The fourth-order valence-electron chi connectivity index (χ4n) is 10.4. The zero-order valence-electron chi connectivity index (χ0n) is 48.2. The molecule has 0 aliphatic carbocycles. The first kappa shape index (κ1) is 60.3. The zero-order chi connectivity index (χ0) is 58.7.